The van der Waals surface area contributed by atoms with E-state index < -0.39 is 0 Å². The summed E-state index contributed by atoms with van der Waals surface area (Å²) in [7, 11) is 2.21. The van der Waals surface area contributed by atoms with Gasteiger partial charge in [-0.1, -0.05) is 0 Å². The van der Waals surface area contributed by atoms with Crippen molar-refractivity contribution in [3.63, 3.8) is 0 Å². The van der Waals surface area contributed by atoms with Crippen LogP contribution in [0.1, 0.15) is 24.2 Å². The number of aromatic nitrogens is 2. The summed E-state index contributed by atoms with van der Waals surface area (Å²) in [6.45, 7) is 6.34. The SMILES string of the molecule is Cc1cnc(CNCC2CCCN(C)C2)cn1. The molecule has 1 aromatic heterocycles. The maximum atomic E-state index is 4.34. The fourth-order valence-electron chi connectivity index (χ4n) is 2.35. The van der Waals surface area contributed by atoms with Crippen molar-refractivity contribution >= 4 is 0 Å². The summed E-state index contributed by atoms with van der Waals surface area (Å²) >= 11 is 0. The molecule has 1 aliphatic rings. The fourth-order valence-corrected chi connectivity index (χ4v) is 2.35. The Balaban J connectivity index is 1.70. The zero-order chi connectivity index (χ0) is 12.1. The van der Waals surface area contributed by atoms with Crippen LogP contribution in [0, 0.1) is 12.8 Å². The number of nitrogens with zero attached hydrogens (tertiary/aromatic N) is 3. The van der Waals surface area contributed by atoms with Gasteiger partial charge in [0.05, 0.1) is 11.4 Å². The Kier molecular flexibility index (Phi) is 4.45. The zero-order valence-electron chi connectivity index (χ0n) is 10.8. The van der Waals surface area contributed by atoms with Gasteiger partial charge in [-0.15, -0.1) is 0 Å². The van der Waals surface area contributed by atoms with E-state index in [0.717, 1.165) is 30.4 Å². The van der Waals surface area contributed by atoms with Crippen LogP contribution < -0.4 is 5.32 Å². The first-order valence-electron chi connectivity index (χ1n) is 6.41. The Bertz CT molecular complexity index is 336. The summed E-state index contributed by atoms with van der Waals surface area (Å²) in [5.41, 5.74) is 2.00. The van der Waals surface area contributed by atoms with Crippen molar-refractivity contribution in [3.05, 3.63) is 23.8 Å². The first kappa shape index (κ1) is 12.5. The van der Waals surface area contributed by atoms with Gasteiger partial charge in [0.1, 0.15) is 0 Å². The van der Waals surface area contributed by atoms with E-state index in [1.54, 1.807) is 0 Å². The highest BCUT2D eigenvalue weighted by molar-refractivity contribution is 5.00. The van der Waals surface area contributed by atoms with Gasteiger partial charge >= 0.3 is 0 Å². The van der Waals surface area contributed by atoms with Crippen molar-refractivity contribution in [2.24, 2.45) is 5.92 Å². The van der Waals surface area contributed by atoms with Gasteiger partial charge in [0, 0.05) is 25.5 Å². The number of piperidine rings is 1. The summed E-state index contributed by atoms with van der Waals surface area (Å²) < 4.78 is 0. The van der Waals surface area contributed by atoms with Crippen molar-refractivity contribution < 1.29 is 0 Å². The lowest BCUT2D eigenvalue weighted by Crippen LogP contribution is -2.37. The summed E-state index contributed by atoms with van der Waals surface area (Å²) in [6.07, 6.45) is 6.35. The molecule has 1 saturated heterocycles. The molecule has 1 aliphatic heterocycles. The molecule has 0 spiro atoms. The highest BCUT2D eigenvalue weighted by Crippen LogP contribution is 2.13. The van der Waals surface area contributed by atoms with E-state index in [0.29, 0.717) is 0 Å². The van der Waals surface area contributed by atoms with Gasteiger partial charge in [-0.3, -0.25) is 9.97 Å². The van der Waals surface area contributed by atoms with Crippen molar-refractivity contribution in [2.75, 3.05) is 26.7 Å². The third-order valence-electron chi connectivity index (χ3n) is 3.30. The number of rotatable bonds is 4. The van der Waals surface area contributed by atoms with Crippen LogP contribution in [0.4, 0.5) is 0 Å². The molecule has 4 nitrogen and oxygen atoms in total. The standard InChI is InChI=1S/C13H22N4/c1-11-6-16-13(9-15-11)8-14-7-12-4-3-5-17(2)10-12/h6,9,12,14H,3-5,7-8,10H2,1-2H3. The Hall–Kier alpha value is -1.00. The molecule has 1 fully saturated rings. The molecule has 4 heteroatoms. The molecule has 17 heavy (non-hydrogen) atoms. The topological polar surface area (TPSA) is 41.1 Å². The van der Waals surface area contributed by atoms with Crippen molar-refractivity contribution in [2.45, 2.75) is 26.3 Å². The Morgan fingerprint density at radius 1 is 1.41 bits per heavy atom. The molecule has 0 aromatic carbocycles. The van der Waals surface area contributed by atoms with Crippen LogP contribution in [0.5, 0.6) is 0 Å². The van der Waals surface area contributed by atoms with Crippen molar-refractivity contribution in [1.29, 1.82) is 0 Å². The van der Waals surface area contributed by atoms with E-state index in [2.05, 4.69) is 27.2 Å². The molecule has 2 rings (SSSR count). The second-order valence-electron chi connectivity index (χ2n) is 5.05. The zero-order valence-corrected chi connectivity index (χ0v) is 10.8. The van der Waals surface area contributed by atoms with E-state index in [9.17, 15) is 0 Å². The van der Waals surface area contributed by atoms with Gasteiger partial charge in [-0.25, -0.2) is 0 Å². The largest absolute Gasteiger partial charge is 0.311 e. The predicted molar refractivity (Wildman–Crippen MR) is 68.7 cm³/mol. The van der Waals surface area contributed by atoms with Crippen LogP contribution in [0.3, 0.4) is 0 Å². The number of hydrogen-bond donors (Lipinski definition) is 1. The van der Waals surface area contributed by atoms with Crippen LogP contribution in [0.25, 0.3) is 0 Å². The average molecular weight is 234 g/mol. The second-order valence-corrected chi connectivity index (χ2v) is 5.05. The molecule has 0 amide bonds. The summed E-state index contributed by atoms with van der Waals surface area (Å²) in [5.74, 6) is 0.784. The van der Waals surface area contributed by atoms with Gasteiger partial charge < -0.3 is 10.2 Å². The van der Waals surface area contributed by atoms with Crippen LogP contribution in [0.2, 0.25) is 0 Å². The van der Waals surface area contributed by atoms with Crippen LogP contribution in [-0.4, -0.2) is 41.5 Å². The quantitative estimate of drug-likeness (QED) is 0.850. The molecule has 2 heterocycles. The summed E-state index contributed by atoms with van der Waals surface area (Å²) in [4.78, 5) is 11.0. The predicted octanol–water partition coefficient (Wildman–Crippen LogP) is 1.22. The molecule has 1 N–H and O–H groups in total. The second kappa shape index (κ2) is 6.07. The van der Waals surface area contributed by atoms with Crippen LogP contribution in [0.15, 0.2) is 12.4 Å². The summed E-state index contributed by atoms with van der Waals surface area (Å²) in [6, 6.07) is 0. The molecule has 0 bridgehead atoms. The molecule has 0 aliphatic carbocycles. The van der Waals surface area contributed by atoms with Gasteiger partial charge in [0.25, 0.3) is 0 Å². The molecular weight excluding hydrogens is 212 g/mol. The normalized spacial score (nSPS) is 21.6. The first-order chi connectivity index (χ1) is 8.24. The number of nitrogens with one attached hydrogen (secondary N) is 1. The molecule has 1 unspecified atom stereocenters. The van der Waals surface area contributed by atoms with E-state index in [-0.39, 0.29) is 0 Å². The number of aryl methyl sites for hydroxylation is 1. The minimum absolute atomic E-state index is 0.784. The highest BCUT2D eigenvalue weighted by atomic mass is 15.1. The van der Waals surface area contributed by atoms with E-state index in [1.165, 1.54) is 25.9 Å². The van der Waals surface area contributed by atoms with Gasteiger partial charge in [-0.2, -0.15) is 0 Å². The lowest BCUT2D eigenvalue weighted by molar-refractivity contribution is 0.206. The third kappa shape index (κ3) is 4.06. The molecule has 0 saturated carbocycles. The number of hydrogen-bond acceptors (Lipinski definition) is 4. The molecule has 1 atom stereocenters. The molecule has 94 valence electrons. The third-order valence-corrected chi connectivity index (χ3v) is 3.30. The van der Waals surface area contributed by atoms with Crippen molar-refractivity contribution in [1.82, 2.24) is 20.2 Å². The number of likely N-dealkylation sites (tertiary alicyclic amines) is 1. The summed E-state index contributed by atoms with van der Waals surface area (Å²) in [5, 5.41) is 3.48. The van der Waals surface area contributed by atoms with E-state index in [4.69, 9.17) is 0 Å². The highest BCUT2D eigenvalue weighted by Gasteiger charge is 2.16. The fraction of sp³-hybridized carbons (Fsp3) is 0.692. The Labute approximate surface area is 103 Å². The maximum absolute atomic E-state index is 4.34. The van der Waals surface area contributed by atoms with Crippen LogP contribution in [-0.2, 0) is 6.54 Å². The molecule has 0 radical (unpaired) electrons. The Morgan fingerprint density at radius 2 is 2.29 bits per heavy atom. The van der Waals surface area contributed by atoms with Crippen LogP contribution >= 0.6 is 0 Å². The minimum atomic E-state index is 0.784. The van der Waals surface area contributed by atoms with Gasteiger partial charge in [-0.05, 0) is 45.8 Å². The molecule has 1 aromatic rings. The minimum Gasteiger partial charge on any atom is -0.311 e. The van der Waals surface area contributed by atoms with E-state index in [1.807, 2.05) is 19.3 Å². The van der Waals surface area contributed by atoms with Gasteiger partial charge in [0.2, 0.25) is 0 Å². The smallest absolute Gasteiger partial charge is 0.0724 e. The lowest BCUT2D eigenvalue weighted by Gasteiger charge is -2.29. The average Bonchev–Trinajstić information content (AvgIpc) is 2.32. The monoisotopic (exact) mass is 234 g/mol. The Morgan fingerprint density at radius 3 is 3.00 bits per heavy atom. The first-order valence-corrected chi connectivity index (χ1v) is 6.41. The maximum Gasteiger partial charge on any atom is 0.0724 e. The van der Waals surface area contributed by atoms with Crippen molar-refractivity contribution in [3.8, 4) is 0 Å². The van der Waals surface area contributed by atoms with Gasteiger partial charge in [0.15, 0.2) is 0 Å². The lowest BCUT2D eigenvalue weighted by atomic mass is 9.98. The molecular formula is C13H22N4. The van der Waals surface area contributed by atoms with E-state index >= 15 is 0 Å².